The number of hydrogen-bond acceptors (Lipinski definition) is 3. The molecule has 1 saturated carbocycles. The maximum Gasteiger partial charge on any atom is 0.251 e. The number of nitrogens with one attached hydrogen (secondary N) is 1. The van der Waals surface area contributed by atoms with Crippen LogP contribution in [0.5, 0.6) is 11.5 Å². The molecule has 0 atom stereocenters. The summed E-state index contributed by atoms with van der Waals surface area (Å²) in [5.41, 5.74) is 1.50. The Morgan fingerprint density at radius 1 is 1.00 bits per heavy atom. The van der Waals surface area contributed by atoms with Gasteiger partial charge < -0.3 is 14.8 Å². The van der Waals surface area contributed by atoms with Crippen molar-refractivity contribution >= 4 is 16.7 Å². The highest BCUT2D eigenvalue weighted by molar-refractivity contribution is 5.94. The largest absolute Gasteiger partial charge is 0.496 e. The smallest absolute Gasteiger partial charge is 0.251 e. The van der Waals surface area contributed by atoms with E-state index < -0.39 is 0 Å². The lowest BCUT2D eigenvalue weighted by atomic mass is 10.1. The van der Waals surface area contributed by atoms with Crippen LogP contribution in [0.3, 0.4) is 0 Å². The van der Waals surface area contributed by atoms with Gasteiger partial charge in [0.1, 0.15) is 18.1 Å². The summed E-state index contributed by atoms with van der Waals surface area (Å²) < 4.78 is 11.5. The SMILES string of the molecule is COc1ccc(C(=O)NC2CCCC2)cc1COc1ccc2ccccc2c1. The summed E-state index contributed by atoms with van der Waals surface area (Å²) in [5, 5.41) is 5.45. The standard InChI is InChI=1S/C24H25NO3/c1-27-23-13-11-19(24(26)25-21-8-4-5-9-21)14-20(23)16-28-22-12-10-17-6-2-3-7-18(17)15-22/h2-3,6-7,10-15,21H,4-5,8-9,16H2,1H3,(H,25,26). The minimum Gasteiger partial charge on any atom is -0.496 e. The normalized spacial score (nSPS) is 14.2. The Hall–Kier alpha value is -3.01. The van der Waals surface area contributed by atoms with E-state index in [0.717, 1.165) is 35.3 Å². The van der Waals surface area contributed by atoms with Crippen molar-refractivity contribution in [2.24, 2.45) is 0 Å². The van der Waals surface area contributed by atoms with Gasteiger partial charge in [-0.15, -0.1) is 0 Å². The highest BCUT2D eigenvalue weighted by Crippen LogP contribution is 2.25. The van der Waals surface area contributed by atoms with Gasteiger partial charge in [-0.05, 0) is 53.9 Å². The Bertz CT molecular complexity index is 977. The number of ether oxygens (including phenoxy) is 2. The molecular formula is C24H25NO3. The predicted molar refractivity (Wildman–Crippen MR) is 111 cm³/mol. The molecular weight excluding hydrogens is 350 g/mol. The first-order chi connectivity index (χ1) is 13.7. The number of fused-ring (bicyclic) bond motifs is 1. The minimum atomic E-state index is -0.0264. The topological polar surface area (TPSA) is 47.6 Å². The number of hydrogen-bond donors (Lipinski definition) is 1. The van der Waals surface area contributed by atoms with E-state index in [0.29, 0.717) is 18.2 Å². The monoisotopic (exact) mass is 375 g/mol. The fourth-order valence-corrected chi connectivity index (χ4v) is 3.79. The summed E-state index contributed by atoms with van der Waals surface area (Å²) in [6, 6.07) is 20.0. The minimum absolute atomic E-state index is 0.0264. The molecule has 0 spiro atoms. The first-order valence-electron chi connectivity index (χ1n) is 9.82. The molecule has 1 amide bonds. The number of carbonyl (C=O) groups is 1. The number of benzene rings is 3. The van der Waals surface area contributed by atoms with E-state index >= 15 is 0 Å². The number of carbonyl (C=O) groups excluding carboxylic acids is 1. The second kappa shape index (κ2) is 8.34. The zero-order valence-electron chi connectivity index (χ0n) is 16.1. The van der Waals surface area contributed by atoms with Crippen molar-refractivity contribution < 1.29 is 14.3 Å². The molecule has 0 unspecified atom stereocenters. The number of rotatable bonds is 6. The van der Waals surface area contributed by atoms with Crippen LogP contribution in [-0.4, -0.2) is 19.1 Å². The van der Waals surface area contributed by atoms with E-state index in [2.05, 4.69) is 17.4 Å². The zero-order chi connectivity index (χ0) is 19.3. The van der Waals surface area contributed by atoms with Crippen LogP contribution >= 0.6 is 0 Å². The Morgan fingerprint density at radius 3 is 2.57 bits per heavy atom. The lowest BCUT2D eigenvalue weighted by Gasteiger charge is -2.15. The summed E-state index contributed by atoms with van der Waals surface area (Å²) in [4.78, 5) is 12.6. The average Bonchev–Trinajstić information content (AvgIpc) is 3.25. The zero-order valence-corrected chi connectivity index (χ0v) is 16.1. The lowest BCUT2D eigenvalue weighted by molar-refractivity contribution is 0.0937. The molecule has 1 aliphatic carbocycles. The van der Waals surface area contributed by atoms with Crippen LogP contribution in [0.2, 0.25) is 0 Å². The molecule has 4 nitrogen and oxygen atoms in total. The number of amides is 1. The van der Waals surface area contributed by atoms with Crippen molar-refractivity contribution in [3.05, 3.63) is 71.8 Å². The van der Waals surface area contributed by atoms with E-state index in [-0.39, 0.29) is 5.91 Å². The van der Waals surface area contributed by atoms with Crippen LogP contribution in [0.1, 0.15) is 41.6 Å². The van der Waals surface area contributed by atoms with Crippen molar-refractivity contribution in [2.45, 2.75) is 38.3 Å². The van der Waals surface area contributed by atoms with E-state index in [1.54, 1.807) is 7.11 Å². The molecule has 0 bridgehead atoms. The number of methoxy groups -OCH3 is 1. The van der Waals surface area contributed by atoms with Crippen molar-refractivity contribution in [3.63, 3.8) is 0 Å². The van der Waals surface area contributed by atoms with Gasteiger partial charge >= 0.3 is 0 Å². The van der Waals surface area contributed by atoms with Crippen LogP contribution < -0.4 is 14.8 Å². The fourth-order valence-electron chi connectivity index (χ4n) is 3.79. The molecule has 144 valence electrons. The third-order valence-electron chi connectivity index (χ3n) is 5.35. The van der Waals surface area contributed by atoms with Gasteiger partial charge in [0.15, 0.2) is 0 Å². The van der Waals surface area contributed by atoms with Crippen LogP contribution in [-0.2, 0) is 6.61 Å². The summed E-state index contributed by atoms with van der Waals surface area (Å²) in [6.07, 6.45) is 4.52. The maximum absolute atomic E-state index is 12.6. The van der Waals surface area contributed by atoms with Crippen LogP contribution in [0.4, 0.5) is 0 Å². The van der Waals surface area contributed by atoms with Gasteiger partial charge in [-0.3, -0.25) is 4.79 Å². The Morgan fingerprint density at radius 2 is 1.79 bits per heavy atom. The molecule has 1 aliphatic rings. The molecule has 1 fully saturated rings. The molecule has 0 radical (unpaired) electrons. The van der Waals surface area contributed by atoms with Gasteiger partial charge in [-0.25, -0.2) is 0 Å². The molecule has 0 aliphatic heterocycles. The molecule has 1 N–H and O–H groups in total. The van der Waals surface area contributed by atoms with E-state index in [4.69, 9.17) is 9.47 Å². The van der Waals surface area contributed by atoms with Gasteiger partial charge in [0, 0.05) is 17.2 Å². The fraction of sp³-hybridized carbons (Fsp3) is 0.292. The lowest BCUT2D eigenvalue weighted by Crippen LogP contribution is -2.32. The highest BCUT2D eigenvalue weighted by atomic mass is 16.5. The molecule has 0 saturated heterocycles. The van der Waals surface area contributed by atoms with E-state index in [1.807, 2.05) is 48.5 Å². The first kappa shape index (κ1) is 18.4. The van der Waals surface area contributed by atoms with Crippen LogP contribution in [0.15, 0.2) is 60.7 Å². The molecule has 3 aromatic rings. The van der Waals surface area contributed by atoms with Crippen LogP contribution in [0, 0.1) is 0 Å². The second-order valence-electron chi connectivity index (χ2n) is 7.28. The summed E-state index contributed by atoms with van der Waals surface area (Å²) in [5.74, 6) is 1.49. The maximum atomic E-state index is 12.6. The van der Waals surface area contributed by atoms with Gasteiger partial charge in [0.2, 0.25) is 0 Å². The molecule has 4 heteroatoms. The van der Waals surface area contributed by atoms with Crippen molar-refractivity contribution in [1.29, 1.82) is 0 Å². The highest BCUT2D eigenvalue weighted by Gasteiger charge is 2.19. The van der Waals surface area contributed by atoms with Crippen LogP contribution in [0.25, 0.3) is 10.8 Å². The second-order valence-corrected chi connectivity index (χ2v) is 7.28. The Kier molecular flexibility index (Phi) is 5.47. The molecule has 4 rings (SSSR count). The molecule has 28 heavy (non-hydrogen) atoms. The summed E-state index contributed by atoms with van der Waals surface area (Å²) in [6.45, 7) is 0.339. The van der Waals surface area contributed by atoms with E-state index in [9.17, 15) is 4.79 Å². The predicted octanol–water partition coefficient (Wildman–Crippen LogP) is 5.10. The molecule has 0 aromatic heterocycles. The van der Waals surface area contributed by atoms with Gasteiger partial charge in [0.25, 0.3) is 5.91 Å². The molecule has 0 heterocycles. The quantitative estimate of drug-likeness (QED) is 0.652. The van der Waals surface area contributed by atoms with Crippen molar-refractivity contribution in [3.8, 4) is 11.5 Å². The van der Waals surface area contributed by atoms with E-state index in [1.165, 1.54) is 18.2 Å². The third-order valence-corrected chi connectivity index (χ3v) is 5.35. The average molecular weight is 375 g/mol. The molecule has 3 aromatic carbocycles. The van der Waals surface area contributed by atoms with Gasteiger partial charge in [-0.2, -0.15) is 0 Å². The summed E-state index contributed by atoms with van der Waals surface area (Å²) >= 11 is 0. The third kappa shape index (κ3) is 4.11. The van der Waals surface area contributed by atoms with Crippen molar-refractivity contribution in [2.75, 3.05) is 7.11 Å². The summed E-state index contributed by atoms with van der Waals surface area (Å²) in [7, 11) is 1.63. The Labute approximate surface area is 165 Å². The Balaban J connectivity index is 1.49. The van der Waals surface area contributed by atoms with Gasteiger partial charge in [0.05, 0.1) is 7.11 Å². The first-order valence-corrected chi connectivity index (χ1v) is 9.82. The van der Waals surface area contributed by atoms with Crippen molar-refractivity contribution in [1.82, 2.24) is 5.32 Å². The van der Waals surface area contributed by atoms with Gasteiger partial charge in [-0.1, -0.05) is 43.2 Å².